The third kappa shape index (κ3) is 5.08. The van der Waals surface area contributed by atoms with Crippen molar-refractivity contribution in [3.05, 3.63) is 0 Å². The van der Waals surface area contributed by atoms with E-state index >= 15 is 0 Å². The minimum Gasteiger partial charge on any atom is -0.417 e. The largest absolute Gasteiger partial charge is 0.417 e. The van der Waals surface area contributed by atoms with E-state index in [1.165, 1.54) is 0 Å². The molecule has 1 spiro atoms. The molecular formula is C24H46O6Si. The highest BCUT2D eigenvalue weighted by atomic mass is 28.4. The second kappa shape index (κ2) is 8.97. The Balaban J connectivity index is 1.69. The Morgan fingerprint density at radius 1 is 1.16 bits per heavy atom. The fourth-order valence-electron chi connectivity index (χ4n) is 5.82. The van der Waals surface area contributed by atoms with Crippen LogP contribution < -0.4 is 0 Å². The van der Waals surface area contributed by atoms with Gasteiger partial charge in [-0.15, -0.1) is 0 Å². The summed E-state index contributed by atoms with van der Waals surface area (Å²) in [5, 5.41) is 11.7. The van der Waals surface area contributed by atoms with E-state index in [1.807, 2.05) is 13.8 Å². The number of fused-ring (bicyclic) bond motifs is 3. The number of aliphatic hydroxyl groups is 1. The summed E-state index contributed by atoms with van der Waals surface area (Å²) in [5.41, 5.74) is -0.402. The number of ether oxygens (including phenoxy) is 4. The second-order valence-electron chi connectivity index (χ2n) is 12.1. The van der Waals surface area contributed by atoms with Gasteiger partial charge in [0.15, 0.2) is 14.1 Å². The van der Waals surface area contributed by atoms with Crippen molar-refractivity contribution in [1.29, 1.82) is 0 Å². The number of hydrogen-bond acceptors (Lipinski definition) is 6. The van der Waals surface area contributed by atoms with Crippen molar-refractivity contribution in [3.63, 3.8) is 0 Å². The summed E-state index contributed by atoms with van der Waals surface area (Å²) >= 11 is 0. The van der Waals surface area contributed by atoms with Gasteiger partial charge in [-0.2, -0.15) is 0 Å². The molecule has 6 nitrogen and oxygen atoms in total. The number of aliphatic hydroxyl groups excluding tert-OH is 1. The molecule has 182 valence electrons. The van der Waals surface area contributed by atoms with Crippen LogP contribution in [0.3, 0.4) is 0 Å². The van der Waals surface area contributed by atoms with Crippen LogP contribution in [-0.4, -0.2) is 64.6 Å². The minimum atomic E-state index is -1.75. The first-order valence-electron chi connectivity index (χ1n) is 12.0. The predicted molar refractivity (Wildman–Crippen MR) is 123 cm³/mol. The summed E-state index contributed by atoms with van der Waals surface area (Å²) in [6, 6.07) is 0. The molecule has 0 radical (unpaired) electrons. The lowest BCUT2D eigenvalue weighted by molar-refractivity contribution is -0.189. The Bertz CT molecular complexity index is 618. The summed E-state index contributed by atoms with van der Waals surface area (Å²) in [5.74, 6) is -0.314. The molecule has 0 aromatic carbocycles. The maximum Gasteiger partial charge on any atom is 0.191 e. The quantitative estimate of drug-likeness (QED) is 0.307. The number of methoxy groups -OCH3 is 1. The van der Waals surface area contributed by atoms with Crippen LogP contribution in [0.2, 0.25) is 18.1 Å². The lowest BCUT2D eigenvalue weighted by Gasteiger charge is -2.44. The van der Waals surface area contributed by atoms with Gasteiger partial charge in [-0.05, 0) is 75.4 Å². The van der Waals surface area contributed by atoms with Crippen LogP contribution in [0.4, 0.5) is 0 Å². The van der Waals surface area contributed by atoms with E-state index in [-0.39, 0.29) is 27.9 Å². The molecule has 2 saturated carbocycles. The first-order valence-corrected chi connectivity index (χ1v) is 14.9. The Kier molecular flexibility index (Phi) is 7.41. The third-order valence-corrected chi connectivity index (χ3v) is 13.1. The van der Waals surface area contributed by atoms with E-state index < -0.39 is 20.2 Å². The third-order valence-electron chi connectivity index (χ3n) is 8.59. The molecule has 3 aliphatic rings. The average molecular weight is 459 g/mol. The van der Waals surface area contributed by atoms with Crippen molar-refractivity contribution >= 4 is 8.32 Å². The lowest BCUT2D eigenvalue weighted by atomic mass is 9.67. The highest BCUT2D eigenvalue weighted by Gasteiger charge is 2.65. The zero-order valence-electron chi connectivity index (χ0n) is 21.1. The normalized spacial score (nSPS) is 37.6. The standard InChI is InChI=1S/C24H46O6Si/c1-21(2,3)31(7,8)29-13-9-10-18-20(25)19-14-23(18,15-27-17-26-6)11-12-24(19)16-28-22(4,5)30-24/h18-20,25H,9-17H2,1-8H3/t18-,19+,20-,23-,24+/m1/s1. The Hall–Kier alpha value is -0.0231. The molecule has 0 unspecified atom stereocenters. The fourth-order valence-corrected chi connectivity index (χ4v) is 6.91. The smallest absolute Gasteiger partial charge is 0.191 e. The molecule has 2 aliphatic carbocycles. The van der Waals surface area contributed by atoms with Gasteiger partial charge in [-0.1, -0.05) is 20.8 Å². The molecule has 0 aromatic heterocycles. The van der Waals surface area contributed by atoms with Gasteiger partial charge >= 0.3 is 0 Å². The topological polar surface area (TPSA) is 66.4 Å². The van der Waals surface area contributed by atoms with Gasteiger partial charge in [-0.25, -0.2) is 0 Å². The summed E-state index contributed by atoms with van der Waals surface area (Å²) in [7, 11) is -0.0983. The summed E-state index contributed by atoms with van der Waals surface area (Å²) in [4.78, 5) is 0. The first-order chi connectivity index (χ1) is 14.3. The van der Waals surface area contributed by atoms with E-state index in [0.29, 0.717) is 20.0 Å². The van der Waals surface area contributed by atoms with E-state index in [1.54, 1.807) is 7.11 Å². The Morgan fingerprint density at radius 3 is 2.45 bits per heavy atom. The second-order valence-corrected chi connectivity index (χ2v) is 16.9. The summed E-state index contributed by atoms with van der Waals surface area (Å²) < 4.78 is 29.8. The Morgan fingerprint density at radius 2 is 1.87 bits per heavy atom. The Labute approximate surface area is 190 Å². The molecule has 3 rings (SSSR count). The SMILES string of the molecule is COCOC[C@@]12CC[C@]3(COC(C)(C)O3)[C@@H](C1)[C@H](O)[C@H]2CCCO[Si](C)(C)C(C)(C)C. The van der Waals surface area contributed by atoms with Crippen molar-refractivity contribution in [2.75, 3.05) is 33.7 Å². The van der Waals surface area contributed by atoms with E-state index in [9.17, 15) is 5.11 Å². The van der Waals surface area contributed by atoms with E-state index in [2.05, 4.69) is 33.9 Å². The zero-order valence-corrected chi connectivity index (χ0v) is 22.1. The zero-order chi connectivity index (χ0) is 23.1. The van der Waals surface area contributed by atoms with E-state index in [4.69, 9.17) is 23.4 Å². The minimum absolute atomic E-state index is 0.0269. The van der Waals surface area contributed by atoms with E-state index in [0.717, 1.165) is 38.7 Å². The van der Waals surface area contributed by atoms with Gasteiger partial charge in [0.1, 0.15) is 12.4 Å². The van der Waals surface area contributed by atoms with Gasteiger partial charge in [-0.3, -0.25) is 0 Å². The molecule has 1 heterocycles. The molecular weight excluding hydrogens is 412 g/mol. The van der Waals surface area contributed by atoms with Crippen molar-refractivity contribution in [2.24, 2.45) is 17.3 Å². The molecule has 0 aromatic rings. The predicted octanol–water partition coefficient (Wildman–Crippen LogP) is 4.71. The van der Waals surface area contributed by atoms with Crippen LogP contribution in [0.15, 0.2) is 0 Å². The van der Waals surface area contributed by atoms with Gasteiger partial charge < -0.3 is 28.5 Å². The molecule has 3 fully saturated rings. The van der Waals surface area contributed by atoms with Crippen molar-refractivity contribution in [3.8, 4) is 0 Å². The average Bonchev–Trinajstić information content (AvgIpc) is 3.09. The van der Waals surface area contributed by atoms with Gasteiger partial charge in [0.2, 0.25) is 0 Å². The highest BCUT2D eigenvalue weighted by Crippen LogP contribution is 2.62. The van der Waals surface area contributed by atoms with Crippen LogP contribution in [0.25, 0.3) is 0 Å². The highest BCUT2D eigenvalue weighted by molar-refractivity contribution is 6.74. The van der Waals surface area contributed by atoms with Crippen molar-refractivity contribution in [2.45, 2.75) is 102 Å². The molecule has 1 aliphatic heterocycles. The van der Waals surface area contributed by atoms with Crippen LogP contribution in [0.5, 0.6) is 0 Å². The van der Waals surface area contributed by atoms with Crippen LogP contribution in [0, 0.1) is 17.3 Å². The van der Waals surface area contributed by atoms with Crippen LogP contribution in [-0.2, 0) is 23.4 Å². The first kappa shape index (κ1) is 25.6. The number of rotatable bonds is 9. The molecule has 1 N–H and O–H groups in total. The van der Waals surface area contributed by atoms with Gasteiger partial charge in [0, 0.05) is 19.6 Å². The molecule has 31 heavy (non-hydrogen) atoms. The maximum absolute atomic E-state index is 11.5. The van der Waals surface area contributed by atoms with Crippen LogP contribution in [0.1, 0.15) is 66.7 Å². The molecule has 1 saturated heterocycles. The lowest BCUT2D eigenvalue weighted by Crippen LogP contribution is -2.48. The molecule has 7 heteroatoms. The van der Waals surface area contributed by atoms with Crippen LogP contribution >= 0.6 is 0 Å². The molecule has 2 bridgehead atoms. The molecule has 0 amide bonds. The monoisotopic (exact) mass is 458 g/mol. The maximum atomic E-state index is 11.5. The van der Waals surface area contributed by atoms with Crippen molar-refractivity contribution in [1.82, 2.24) is 0 Å². The van der Waals surface area contributed by atoms with Crippen molar-refractivity contribution < 1.29 is 28.5 Å². The fraction of sp³-hybridized carbons (Fsp3) is 1.00. The number of hydrogen-bond donors (Lipinski definition) is 1. The van der Waals surface area contributed by atoms with Gasteiger partial charge in [0.25, 0.3) is 0 Å². The summed E-state index contributed by atoms with van der Waals surface area (Å²) in [6.07, 6.45) is 4.32. The van der Waals surface area contributed by atoms with Gasteiger partial charge in [0.05, 0.1) is 19.3 Å². The molecule has 5 atom stereocenters. The summed E-state index contributed by atoms with van der Waals surface area (Å²) in [6.45, 7) is 17.6.